The number of rotatable bonds is 13. The lowest BCUT2D eigenvalue weighted by Crippen LogP contribution is -2.41. The van der Waals surface area contributed by atoms with Gasteiger partial charge in [0.25, 0.3) is 0 Å². The Bertz CT molecular complexity index is 1020. The minimum Gasteiger partial charge on any atom is -0.469 e. The van der Waals surface area contributed by atoms with Gasteiger partial charge in [0.1, 0.15) is 6.10 Å². The Kier molecular flexibility index (Phi) is 11.3. The molecule has 0 spiro atoms. The van der Waals surface area contributed by atoms with Crippen LogP contribution in [0, 0.1) is 12.8 Å². The van der Waals surface area contributed by atoms with Crippen LogP contribution in [-0.2, 0) is 29.1 Å². The molecule has 2 rings (SSSR count). The molecule has 0 amide bonds. The highest BCUT2D eigenvalue weighted by Gasteiger charge is 2.28. The average molecular weight is 507 g/mol. The molecule has 1 heterocycles. The van der Waals surface area contributed by atoms with Crippen LogP contribution in [-0.4, -0.2) is 63.8 Å². The van der Waals surface area contributed by atoms with Gasteiger partial charge in [0.15, 0.2) is 6.10 Å². The van der Waals surface area contributed by atoms with Crippen LogP contribution in [0.1, 0.15) is 25.3 Å². The summed E-state index contributed by atoms with van der Waals surface area (Å²) in [5.41, 5.74) is 0.936. The van der Waals surface area contributed by atoms with E-state index in [1.165, 1.54) is 25.5 Å². The number of aryl methyl sites for hydroxylation is 1. The molecule has 0 saturated carbocycles. The van der Waals surface area contributed by atoms with Crippen LogP contribution in [0.3, 0.4) is 0 Å². The SMILES string of the molecule is C=CC[C@@H]1C=C[C@@H](O/N=C\[C@@H](NS(=O)(=O)c2ccc(C)cc2)[C@H](C)/C=C\CC(=O)OC)[C@@H](CO)O1. The fraction of sp³-hybridized carbons (Fsp3) is 0.440. The van der Waals surface area contributed by atoms with Gasteiger partial charge < -0.3 is 19.4 Å². The van der Waals surface area contributed by atoms with Gasteiger partial charge in [-0.25, -0.2) is 13.1 Å². The number of esters is 1. The van der Waals surface area contributed by atoms with Crippen molar-refractivity contribution in [1.82, 2.24) is 4.72 Å². The van der Waals surface area contributed by atoms with E-state index in [4.69, 9.17) is 9.57 Å². The van der Waals surface area contributed by atoms with Crippen LogP contribution in [0.5, 0.6) is 0 Å². The van der Waals surface area contributed by atoms with Gasteiger partial charge in [0.05, 0.1) is 43.4 Å². The lowest BCUT2D eigenvalue weighted by molar-refractivity contribution is -0.139. The highest BCUT2D eigenvalue weighted by molar-refractivity contribution is 7.89. The summed E-state index contributed by atoms with van der Waals surface area (Å²) in [6, 6.07) is 5.69. The summed E-state index contributed by atoms with van der Waals surface area (Å²) in [6.45, 7) is 7.06. The van der Waals surface area contributed by atoms with Crippen molar-refractivity contribution in [2.45, 2.75) is 55.9 Å². The maximum absolute atomic E-state index is 13.0. The van der Waals surface area contributed by atoms with Crippen molar-refractivity contribution in [3.05, 3.63) is 66.8 Å². The number of ether oxygens (including phenoxy) is 2. The van der Waals surface area contributed by atoms with E-state index in [1.807, 2.05) is 13.0 Å². The van der Waals surface area contributed by atoms with Crippen molar-refractivity contribution in [2.75, 3.05) is 13.7 Å². The standard InChI is InChI=1S/C25H34N2O7S/c1-5-7-20-12-15-23(24(17-28)33-20)34-26-16-22(19(3)8-6-9-25(29)32-4)27-35(30,31)21-13-10-18(2)11-14-21/h5-6,8,10-16,19-20,22-24,27-28H,1,7,9,17H2,2-4H3/b8-6-,26-16-/t19-,20-,22-,23-,24-/m1/s1. The summed E-state index contributed by atoms with van der Waals surface area (Å²) < 4.78 is 38.9. The molecule has 0 aromatic heterocycles. The molecule has 1 aromatic carbocycles. The number of hydrogen-bond acceptors (Lipinski definition) is 8. The monoisotopic (exact) mass is 506 g/mol. The number of methoxy groups -OCH3 is 1. The fourth-order valence-electron chi connectivity index (χ4n) is 3.24. The lowest BCUT2D eigenvalue weighted by Gasteiger charge is -2.29. The highest BCUT2D eigenvalue weighted by Crippen LogP contribution is 2.19. The Morgan fingerprint density at radius 1 is 1.31 bits per heavy atom. The Hall–Kier alpha value is -2.79. The maximum Gasteiger partial charge on any atom is 0.309 e. The molecule has 0 bridgehead atoms. The van der Waals surface area contributed by atoms with Crippen molar-refractivity contribution < 1.29 is 32.6 Å². The Morgan fingerprint density at radius 3 is 2.66 bits per heavy atom. The summed E-state index contributed by atoms with van der Waals surface area (Å²) >= 11 is 0. The molecule has 0 saturated heterocycles. The molecule has 0 unspecified atom stereocenters. The van der Waals surface area contributed by atoms with E-state index in [0.717, 1.165) is 5.56 Å². The third-order valence-corrected chi connectivity index (χ3v) is 6.83. The zero-order valence-electron chi connectivity index (χ0n) is 20.2. The van der Waals surface area contributed by atoms with Crippen LogP contribution in [0.15, 0.2) is 71.3 Å². The Labute approximate surface area is 207 Å². The molecule has 10 heteroatoms. The molecule has 0 aliphatic carbocycles. The summed E-state index contributed by atoms with van der Waals surface area (Å²) in [5.74, 6) is -0.785. The third kappa shape index (κ3) is 9.06. The quantitative estimate of drug-likeness (QED) is 0.182. The first-order valence-electron chi connectivity index (χ1n) is 11.3. The summed E-state index contributed by atoms with van der Waals surface area (Å²) in [6.07, 6.45) is 9.12. The van der Waals surface area contributed by atoms with Gasteiger partial charge in [0.2, 0.25) is 10.0 Å². The van der Waals surface area contributed by atoms with Gasteiger partial charge in [-0.2, -0.15) is 0 Å². The number of hydrogen-bond donors (Lipinski definition) is 2. The lowest BCUT2D eigenvalue weighted by atomic mass is 10.0. The number of aliphatic hydroxyl groups excluding tert-OH is 1. The summed E-state index contributed by atoms with van der Waals surface area (Å²) in [4.78, 5) is 17.0. The second kappa shape index (κ2) is 13.9. The molecule has 1 aliphatic rings. The van der Waals surface area contributed by atoms with Crippen LogP contribution in [0.25, 0.3) is 0 Å². The van der Waals surface area contributed by atoms with E-state index in [2.05, 4.69) is 21.2 Å². The number of carbonyl (C=O) groups excluding carboxylic acids is 1. The van der Waals surface area contributed by atoms with Crippen molar-refractivity contribution in [3.63, 3.8) is 0 Å². The smallest absolute Gasteiger partial charge is 0.309 e. The number of carbonyl (C=O) groups is 1. The largest absolute Gasteiger partial charge is 0.469 e. The summed E-state index contributed by atoms with van der Waals surface area (Å²) in [5, 5.41) is 13.6. The first-order chi connectivity index (χ1) is 16.7. The van der Waals surface area contributed by atoms with Crippen molar-refractivity contribution in [2.24, 2.45) is 11.1 Å². The zero-order valence-corrected chi connectivity index (χ0v) is 21.1. The van der Waals surface area contributed by atoms with E-state index in [9.17, 15) is 18.3 Å². The number of benzene rings is 1. The zero-order chi connectivity index (χ0) is 25.8. The molecular weight excluding hydrogens is 472 g/mol. The van der Waals surface area contributed by atoms with Crippen LogP contribution in [0.2, 0.25) is 0 Å². The van der Waals surface area contributed by atoms with E-state index < -0.39 is 34.2 Å². The molecule has 1 aromatic rings. The number of nitrogens with zero attached hydrogens (tertiary/aromatic N) is 1. The predicted octanol–water partition coefficient (Wildman–Crippen LogP) is 2.66. The molecule has 35 heavy (non-hydrogen) atoms. The molecule has 0 radical (unpaired) electrons. The minimum absolute atomic E-state index is 0.0557. The van der Waals surface area contributed by atoms with E-state index >= 15 is 0 Å². The van der Waals surface area contributed by atoms with Crippen LogP contribution < -0.4 is 4.72 Å². The number of sulfonamides is 1. The van der Waals surface area contributed by atoms with Gasteiger partial charge in [-0.05, 0) is 37.5 Å². The second-order valence-corrected chi connectivity index (χ2v) is 9.87. The van der Waals surface area contributed by atoms with E-state index in [-0.39, 0.29) is 29.9 Å². The Morgan fingerprint density at radius 2 is 2.03 bits per heavy atom. The number of nitrogens with one attached hydrogen (secondary N) is 1. The summed E-state index contributed by atoms with van der Waals surface area (Å²) in [7, 11) is -2.57. The molecular formula is C25H34N2O7S. The topological polar surface area (TPSA) is 124 Å². The van der Waals surface area contributed by atoms with Gasteiger partial charge in [0, 0.05) is 0 Å². The molecule has 9 nitrogen and oxygen atoms in total. The van der Waals surface area contributed by atoms with Gasteiger partial charge >= 0.3 is 5.97 Å². The molecule has 1 aliphatic heterocycles. The number of oxime groups is 1. The predicted molar refractivity (Wildman–Crippen MR) is 133 cm³/mol. The third-order valence-electron chi connectivity index (χ3n) is 5.36. The Balaban J connectivity index is 2.18. The van der Waals surface area contributed by atoms with Crippen LogP contribution >= 0.6 is 0 Å². The van der Waals surface area contributed by atoms with Gasteiger partial charge in [-0.3, -0.25) is 4.79 Å². The minimum atomic E-state index is -3.86. The molecule has 0 fully saturated rings. The molecule has 2 N–H and O–H groups in total. The van der Waals surface area contributed by atoms with Gasteiger partial charge in [-0.15, -0.1) is 6.58 Å². The fourth-order valence-corrected chi connectivity index (χ4v) is 4.51. The first kappa shape index (κ1) is 28.4. The van der Waals surface area contributed by atoms with Crippen LogP contribution in [0.4, 0.5) is 0 Å². The van der Waals surface area contributed by atoms with Gasteiger partial charge in [-0.1, -0.05) is 54.1 Å². The van der Waals surface area contributed by atoms with E-state index in [0.29, 0.717) is 6.42 Å². The van der Waals surface area contributed by atoms with E-state index in [1.54, 1.807) is 43.4 Å². The van der Waals surface area contributed by atoms with Crippen molar-refractivity contribution in [3.8, 4) is 0 Å². The maximum atomic E-state index is 13.0. The first-order valence-corrected chi connectivity index (χ1v) is 12.8. The highest BCUT2D eigenvalue weighted by atomic mass is 32.2. The second-order valence-electron chi connectivity index (χ2n) is 8.16. The molecule has 5 atom stereocenters. The van der Waals surface area contributed by atoms with Crippen molar-refractivity contribution >= 4 is 22.2 Å². The number of aliphatic hydroxyl groups is 1. The average Bonchev–Trinajstić information content (AvgIpc) is 2.84. The normalized spacial score (nSPS) is 22.2. The van der Waals surface area contributed by atoms with Crippen molar-refractivity contribution in [1.29, 1.82) is 0 Å². The molecule has 192 valence electrons.